The lowest BCUT2D eigenvalue weighted by molar-refractivity contribution is -0.255. The molecule has 4 rings (SSSR count). The number of hydrogen-bond acceptors (Lipinski definition) is 5. The van der Waals surface area contributed by atoms with Crippen molar-refractivity contribution < 1.29 is 23.9 Å². The summed E-state index contributed by atoms with van der Waals surface area (Å²) in [6.45, 7) is 0.0966. The van der Waals surface area contributed by atoms with Gasteiger partial charge in [-0.05, 0) is 48.0 Å². The summed E-state index contributed by atoms with van der Waals surface area (Å²) in [5.41, 5.74) is 1.12. The molecule has 31 heavy (non-hydrogen) atoms. The van der Waals surface area contributed by atoms with E-state index in [9.17, 15) is 19.5 Å². The van der Waals surface area contributed by atoms with E-state index in [-0.39, 0.29) is 22.8 Å². The van der Waals surface area contributed by atoms with Crippen molar-refractivity contribution in [2.75, 3.05) is 0 Å². The van der Waals surface area contributed by atoms with Crippen LogP contribution < -0.4 is 10.4 Å². The zero-order chi connectivity index (χ0) is 22.1. The van der Waals surface area contributed by atoms with Crippen LogP contribution in [0.4, 0.5) is 4.79 Å². The molecule has 1 aromatic heterocycles. The van der Waals surface area contributed by atoms with Gasteiger partial charge in [-0.25, -0.2) is 4.79 Å². The number of benzene rings is 2. The van der Waals surface area contributed by atoms with Crippen LogP contribution in [-0.2, 0) is 11.3 Å². The maximum absolute atomic E-state index is 12.6. The van der Waals surface area contributed by atoms with Gasteiger partial charge >= 0.3 is 6.03 Å². The van der Waals surface area contributed by atoms with Crippen molar-refractivity contribution in [1.29, 1.82) is 0 Å². The highest BCUT2D eigenvalue weighted by molar-refractivity contribution is 6.33. The minimum Gasteiger partial charge on any atom is -0.545 e. The molecule has 0 atom stereocenters. The molecular formula is C22H13Cl2N2O5-. The molecule has 2 aromatic carbocycles. The molecule has 9 heteroatoms. The van der Waals surface area contributed by atoms with Crippen molar-refractivity contribution in [3.63, 3.8) is 0 Å². The molecule has 7 nitrogen and oxygen atoms in total. The second-order valence-electron chi connectivity index (χ2n) is 6.69. The predicted molar refractivity (Wildman–Crippen MR) is 112 cm³/mol. The highest BCUT2D eigenvalue weighted by Crippen LogP contribution is 2.28. The zero-order valence-corrected chi connectivity index (χ0v) is 17.2. The first-order valence-corrected chi connectivity index (χ1v) is 9.77. The van der Waals surface area contributed by atoms with Gasteiger partial charge in [-0.1, -0.05) is 35.3 Å². The monoisotopic (exact) mass is 455 g/mol. The smallest absolute Gasteiger partial charge is 0.329 e. The summed E-state index contributed by atoms with van der Waals surface area (Å²) in [5, 5.41) is 14.3. The number of hydrogen-bond donors (Lipinski definition) is 1. The number of urea groups is 1. The van der Waals surface area contributed by atoms with Crippen molar-refractivity contribution in [2.45, 2.75) is 6.54 Å². The first kappa shape index (κ1) is 20.7. The fraction of sp³-hybridized carbons (Fsp3) is 0.0455. The van der Waals surface area contributed by atoms with Crippen LogP contribution in [0.2, 0.25) is 10.0 Å². The van der Waals surface area contributed by atoms with E-state index in [2.05, 4.69) is 5.32 Å². The van der Waals surface area contributed by atoms with E-state index in [0.29, 0.717) is 22.1 Å². The Kier molecular flexibility index (Phi) is 5.54. The Morgan fingerprint density at radius 3 is 2.52 bits per heavy atom. The molecule has 1 aliphatic heterocycles. The quantitative estimate of drug-likeness (QED) is 0.466. The highest BCUT2D eigenvalue weighted by atomic mass is 35.5. The molecule has 0 radical (unpaired) electrons. The van der Waals surface area contributed by atoms with Gasteiger partial charge in [-0.3, -0.25) is 9.69 Å². The molecule has 156 valence electrons. The van der Waals surface area contributed by atoms with Gasteiger partial charge in [0.05, 0.1) is 12.5 Å². The van der Waals surface area contributed by atoms with Crippen LogP contribution in [-0.4, -0.2) is 22.8 Å². The minimum atomic E-state index is -1.40. The molecule has 1 N–H and O–H groups in total. The summed E-state index contributed by atoms with van der Waals surface area (Å²) in [6, 6.07) is 13.8. The van der Waals surface area contributed by atoms with Gasteiger partial charge in [-0.2, -0.15) is 0 Å². The highest BCUT2D eigenvalue weighted by Gasteiger charge is 2.33. The van der Waals surface area contributed by atoms with Crippen molar-refractivity contribution in [1.82, 2.24) is 10.2 Å². The first-order valence-electron chi connectivity index (χ1n) is 9.02. The van der Waals surface area contributed by atoms with Crippen LogP contribution in [0.15, 0.2) is 64.7 Å². The fourth-order valence-electron chi connectivity index (χ4n) is 3.05. The number of aromatic carboxylic acids is 1. The summed E-state index contributed by atoms with van der Waals surface area (Å²) >= 11 is 11.7. The number of rotatable bonds is 5. The van der Waals surface area contributed by atoms with Gasteiger partial charge in [0, 0.05) is 27.2 Å². The maximum Gasteiger partial charge on any atom is 0.329 e. The Bertz CT molecular complexity index is 1230. The third kappa shape index (κ3) is 4.33. The van der Waals surface area contributed by atoms with Crippen LogP contribution in [0, 0.1) is 0 Å². The number of halogens is 2. The van der Waals surface area contributed by atoms with Crippen LogP contribution in [0.25, 0.3) is 17.4 Å². The molecule has 0 bridgehead atoms. The number of furan rings is 1. The maximum atomic E-state index is 12.6. The third-order valence-electron chi connectivity index (χ3n) is 4.60. The second-order valence-corrected chi connectivity index (χ2v) is 7.53. The molecule has 1 aliphatic rings. The van der Waals surface area contributed by atoms with Gasteiger partial charge in [0.1, 0.15) is 17.2 Å². The van der Waals surface area contributed by atoms with Crippen molar-refractivity contribution in [3.05, 3.63) is 87.2 Å². The van der Waals surface area contributed by atoms with Crippen molar-refractivity contribution in [2.24, 2.45) is 0 Å². The average molecular weight is 456 g/mol. The minimum absolute atomic E-state index is 0.0534. The molecule has 2 heterocycles. The predicted octanol–water partition coefficient (Wildman–Crippen LogP) is 3.71. The Balaban J connectivity index is 1.55. The van der Waals surface area contributed by atoms with Gasteiger partial charge in [0.25, 0.3) is 5.91 Å². The molecule has 0 aliphatic carbocycles. The lowest BCUT2D eigenvalue weighted by atomic mass is 10.1. The Morgan fingerprint density at radius 1 is 1.06 bits per heavy atom. The average Bonchev–Trinajstić information content (AvgIpc) is 3.30. The number of amides is 3. The van der Waals surface area contributed by atoms with Gasteiger partial charge < -0.3 is 19.6 Å². The summed E-state index contributed by atoms with van der Waals surface area (Å²) < 4.78 is 5.69. The number of carboxylic acid groups (broad SMARTS) is 1. The standard InChI is InChI=1S/C22H14Cl2N2O5/c23-14-4-1-12(2-5-14)11-26-20(27)18(25-22(26)30)10-15-6-8-19(31-15)13-3-7-17(24)16(9-13)21(28)29/h1-10H,11H2,(H,25,30)(H,28,29)/p-1/b18-10+. The molecule has 3 aromatic rings. The molecule has 0 spiro atoms. The summed E-state index contributed by atoms with van der Waals surface area (Å²) in [7, 11) is 0. The fourth-order valence-corrected chi connectivity index (χ4v) is 3.37. The summed E-state index contributed by atoms with van der Waals surface area (Å²) in [5.74, 6) is -1.23. The van der Waals surface area contributed by atoms with Gasteiger partial charge in [0.15, 0.2) is 0 Å². The van der Waals surface area contributed by atoms with Gasteiger partial charge in [0.2, 0.25) is 0 Å². The Labute approximate surface area is 186 Å². The van der Waals surface area contributed by atoms with Crippen LogP contribution in [0.3, 0.4) is 0 Å². The normalized spacial score (nSPS) is 14.9. The van der Waals surface area contributed by atoms with E-state index in [0.717, 1.165) is 10.5 Å². The number of carbonyl (C=O) groups is 3. The first-order chi connectivity index (χ1) is 14.8. The number of imide groups is 1. The molecule has 1 saturated heterocycles. The van der Waals surface area contributed by atoms with Crippen LogP contribution in [0.5, 0.6) is 0 Å². The lowest BCUT2D eigenvalue weighted by Gasteiger charge is -2.11. The number of nitrogens with one attached hydrogen (secondary N) is 1. The second kappa shape index (κ2) is 8.29. The molecule has 3 amide bonds. The summed E-state index contributed by atoms with van der Waals surface area (Å²) in [6.07, 6.45) is 1.40. The zero-order valence-electron chi connectivity index (χ0n) is 15.7. The largest absolute Gasteiger partial charge is 0.545 e. The van der Waals surface area contributed by atoms with Crippen molar-refractivity contribution in [3.8, 4) is 11.3 Å². The number of nitrogens with zero attached hydrogens (tertiary/aromatic N) is 1. The van der Waals surface area contributed by atoms with E-state index in [1.807, 2.05) is 0 Å². The topological polar surface area (TPSA) is 103 Å². The molecule has 0 saturated carbocycles. The number of carboxylic acids is 1. The molecule has 1 fully saturated rings. The number of carbonyl (C=O) groups excluding carboxylic acids is 3. The van der Waals surface area contributed by atoms with E-state index in [1.165, 1.54) is 18.2 Å². The van der Waals surface area contributed by atoms with E-state index in [4.69, 9.17) is 27.6 Å². The Morgan fingerprint density at radius 2 is 1.81 bits per heavy atom. The Hall–Kier alpha value is -3.55. The van der Waals surface area contributed by atoms with E-state index < -0.39 is 17.9 Å². The van der Waals surface area contributed by atoms with Gasteiger partial charge in [-0.15, -0.1) is 0 Å². The van der Waals surface area contributed by atoms with E-state index in [1.54, 1.807) is 42.5 Å². The summed E-state index contributed by atoms with van der Waals surface area (Å²) in [4.78, 5) is 37.1. The van der Waals surface area contributed by atoms with Crippen molar-refractivity contribution >= 4 is 47.2 Å². The van der Waals surface area contributed by atoms with Crippen LogP contribution in [0.1, 0.15) is 21.7 Å². The third-order valence-corrected chi connectivity index (χ3v) is 5.18. The molecular weight excluding hydrogens is 443 g/mol. The molecule has 0 unspecified atom stereocenters. The van der Waals surface area contributed by atoms with E-state index >= 15 is 0 Å². The van der Waals surface area contributed by atoms with Crippen LogP contribution >= 0.6 is 23.2 Å². The lowest BCUT2D eigenvalue weighted by Crippen LogP contribution is -2.30. The SMILES string of the molecule is O=C([O-])c1cc(-c2ccc(/C=C3/NC(=O)N(Cc4ccc(Cl)cc4)C3=O)o2)ccc1Cl.